The topological polar surface area (TPSA) is 83.2 Å². The zero-order chi connectivity index (χ0) is 14.5. The fourth-order valence-electron chi connectivity index (χ4n) is 2.51. The smallest absolute Gasteiger partial charge is 0.342 e. The van der Waals surface area contributed by atoms with Gasteiger partial charge in [0.1, 0.15) is 5.56 Å². The molecule has 1 aliphatic rings. The molecule has 2 rings (SSSR count). The highest BCUT2D eigenvalue weighted by molar-refractivity contribution is 6.01. The second-order valence-electron chi connectivity index (χ2n) is 5.00. The van der Waals surface area contributed by atoms with Crippen molar-refractivity contribution in [1.29, 1.82) is 0 Å². The van der Waals surface area contributed by atoms with Crippen LogP contribution in [0.2, 0.25) is 0 Å². The van der Waals surface area contributed by atoms with Gasteiger partial charge >= 0.3 is 12.0 Å². The molecule has 0 aliphatic heterocycles. The maximum absolute atomic E-state index is 11.9. The maximum Gasteiger partial charge on any atom is 0.342 e. The monoisotopic (exact) mass is 279 g/mol. The Kier molecular flexibility index (Phi) is 4.65. The van der Waals surface area contributed by atoms with Crippen LogP contribution in [0.25, 0.3) is 0 Å². The number of rotatable bonds is 4. The minimum atomic E-state index is -0.428. The predicted octanol–water partition coefficient (Wildman–Crippen LogP) is 2.56. The molecule has 110 valence electrons. The highest BCUT2D eigenvalue weighted by atomic mass is 16.5. The first-order valence-electron chi connectivity index (χ1n) is 7.04. The number of esters is 1. The number of urea groups is 1. The molecule has 0 radical (unpaired) electrons. The number of amides is 2. The zero-order valence-corrected chi connectivity index (χ0v) is 11.9. The highest BCUT2D eigenvalue weighted by Crippen LogP contribution is 2.21. The number of aryl methyl sites for hydroxylation is 1. The summed E-state index contributed by atoms with van der Waals surface area (Å²) >= 11 is 0. The number of H-pyrrole nitrogens is 1. The number of nitrogens with one attached hydrogen (secondary N) is 3. The standard InChI is InChI=1S/C14H21N3O3/c1-3-20-13(18)12-9(2)15-8-11(12)17-14(19)16-10-6-4-5-7-10/h8,10,15H,3-7H2,1-2H3,(H2,16,17,19). The minimum absolute atomic E-state index is 0.237. The van der Waals surface area contributed by atoms with Crippen molar-refractivity contribution >= 4 is 17.7 Å². The van der Waals surface area contributed by atoms with Gasteiger partial charge in [-0.15, -0.1) is 0 Å². The molecular weight excluding hydrogens is 258 g/mol. The Morgan fingerprint density at radius 2 is 2.10 bits per heavy atom. The van der Waals surface area contributed by atoms with E-state index < -0.39 is 5.97 Å². The van der Waals surface area contributed by atoms with Gasteiger partial charge in [0.15, 0.2) is 0 Å². The van der Waals surface area contributed by atoms with E-state index in [0.717, 1.165) is 25.7 Å². The number of hydrogen-bond donors (Lipinski definition) is 3. The van der Waals surface area contributed by atoms with Crippen molar-refractivity contribution in [1.82, 2.24) is 10.3 Å². The van der Waals surface area contributed by atoms with Crippen molar-refractivity contribution in [2.24, 2.45) is 0 Å². The summed E-state index contributed by atoms with van der Waals surface area (Å²) < 4.78 is 4.99. The van der Waals surface area contributed by atoms with Crippen LogP contribution < -0.4 is 10.6 Å². The Morgan fingerprint density at radius 1 is 1.40 bits per heavy atom. The number of carbonyl (C=O) groups is 2. The Bertz CT molecular complexity index is 490. The van der Waals surface area contributed by atoms with Gasteiger partial charge in [-0.05, 0) is 26.7 Å². The van der Waals surface area contributed by atoms with Crippen molar-refractivity contribution in [3.8, 4) is 0 Å². The number of anilines is 1. The largest absolute Gasteiger partial charge is 0.462 e. The van der Waals surface area contributed by atoms with E-state index in [1.54, 1.807) is 20.0 Å². The summed E-state index contributed by atoms with van der Waals surface area (Å²) in [5.41, 5.74) is 1.52. The fourth-order valence-corrected chi connectivity index (χ4v) is 2.51. The van der Waals surface area contributed by atoms with Crippen LogP contribution in [0.3, 0.4) is 0 Å². The maximum atomic E-state index is 11.9. The van der Waals surface area contributed by atoms with Crippen LogP contribution in [0.1, 0.15) is 48.7 Å². The fraction of sp³-hybridized carbons (Fsp3) is 0.571. The van der Waals surface area contributed by atoms with Crippen LogP contribution in [0.5, 0.6) is 0 Å². The highest BCUT2D eigenvalue weighted by Gasteiger charge is 2.21. The van der Waals surface area contributed by atoms with Gasteiger partial charge in [-0.1, -0.05) is 12.8 Å². The van der Waals surface area contributed by atoms with E-state index in [1.165, 1.54) is 0 Å². The third-order valence-electron chi connectivity index (χ3n) is 3.50. The van der Waals surface area contributed by atoms with E-state index in [0.29, 0.717) is 23.6 Å². The lowest BCUT2D eigenvalue weighted by Crippen LogP contribution is -2.36. The van der Waals surface area contributed by atoms with E-state index in [1.807, 2.05) is 0 Å². The molecule has 1 aromatic heterocycles. The Hall–Kier alpha value is -1.98. The van der Waals surface area contributed by atoms with E-state index in [9.17, 15) is 9.59 Å². The van der Waals surface area contributed by atoms with E-state index in [2.05, 4.69) is 15.6 Å². The van der Waals surface area contributed by atoms with Gasteiger partial charge in [-0.3, -0.25) is 0 Å². The Balaban J connectivity index is 2.01. The molecule has 1 aromatic rings. The summed E-state index contributed by atoms with van der Waals surface area (Å²) in [6.07, 6.45) is 5.95. The summed E-state index contributed by atoms with van der Waals surface area (Å²) in [6.45, 7) is 3.82. The summed E-state index contributed by atoms with van der Waals surface area (Å²) in [5.74, 6) is -0.428. The molecule has 0 atom stereocenters. The molecule has 1 saturated carbocycles. The molecule has 6 heteroatoms. The first-order chi connectivity index (χ1) is 9.61. The van der Waals surface area contributed by atoms with Gasteiger partial charge in [-0.2, -0.15) is 0 Å². The van der Waals surface area contributed by atoms with Gasteiger partial charge in [0.25, 0.3) is 0 Å². The van der Waals surface area contributed by atoms with Gasteiger partial charge in [0.2, 0.25) is 0 Å². The molecule has 0 bridgehead atoms. The normalized spacial score (nSPS) is 15.1. The zero-order valence-electron chi connectivity index (χ0n) is 11.9. The van der Waals surface area contributed by atoms with Crippen molar-refractivity contribution < 1.29 is 14.3 Å². The van der Waals surface area contributed by atoms with Crippen molar-refractivity contribution in [2.45, 2.75) is 45.6 Å². The van der Waals surface area contributed by atoms with Crippen LogP contribution >= 0.6 is 0 Å². The van der Waals surface area contributed by atoms with Crippen molar-refractivity contribution in [2.75, 3.05) is 11.9 Å². The van der Waals surface area contributed by atoms with Crippen molar-refractivity contribution in [3.05, 3.63) is 17.5 Å². The van der Waals surface area contributed by atoms with Gasteiger partial charge in [-0.25, -0.2) is 9.59 Å². The molecule has 3 N–H and O–H groups in total. The number of ether oxygens (including phenoxy) is 1. The lowest BCUT2D eigenvalue weighted by Gasteiger charge is -2.13. The quantitative estimate of drug-likeness (QED) is 0.741. The number of hydrogen-bond acceptors (Lipinski definition) is 3. The van der Waals surface area contributed by atoms with Crippen LogP contribution in [-0.2, 0) is 4.74 Å². The molecule has 20 heavy (non-hydrogen) atoms. The lowest BCUT2D eigenvalue weighted by atomic mass is 10.2. The molecule has 1 heterocycles. The number of aromatic amines is 1. The minimum Gasteiger partial charge on any atom is -0.462 e. The Morgan fingerprint density at radius 3 is 2.75 bits per heavy atom. The average molecular weight is 279 g/mol. The van der Waals surface area contributed by atoms with E-state index >= 15 is 0 Å². The Labute approximate surface area is 118 Å². The summed E-state index contributed by atoms with van der Waals surface area (Å²) in [5, 5.41) is 5.63. The summed E-state index contributed by atoms with van der Waals surface area (Å²) in [6, 6.07) is -0.0393. The summed E-state index contributed by atoms with van der Waals surface area (Å²) in [7, 11) is 0. The number of carbonyl (C=O) groups excluding carboxylic acids is 2. The molecule has 0 saturated heterocycles. The molecule has 6 nitrogen and oxygen atoms in total. The molecule has 0 spiro atoms. The van der Waals surface area contributed by atoms with Gasteiger partial charge < -0.3 is 20.4 Å². The van der Waals surface area contributed by atoms with Gasteiger partial charge in [0.05, 0.1) is 12.3 Å². The molecular formula is C14H21N3O3. The number of aromatic nitrogens is 1. The second-order valence-corrected chi connectivity index (χ2v) is 5.00. The first kappa shape index (κ1) is 14.4. The SMILES string of the molecule is CCOC(=O)c1c(NC(=O)NC2CCCC2)c[nH]c1C. The molecule has 1 aliphatic carbocycles. The molecule has 1 fully saturated rings. The second kappa shape index (κ2) is 6.45. The molecule has 2 amide bonds. The van der Waals surface area contributed by atoms with Crippen LogP contribution in [0.15, 0.2) is 6.20 Å². The third kappa shape index (κ3) is 3.31. The van der Waals surface area contributed by atoms with E-state index in [4.69, 9.17) is 4.74 Å². The third-order valence-corrected chi connectivity index (χ3v) is 3.50. The average Bonchev–Trinajstić information content (AvgIpc) is 3.00. The van der Waals surface area contributed by atoms with Crippen molar-refractivity contribution in [3.63, 3.8) is 0 Å². The van der Waals surface area contributed by atoms with Crippen LogP contribution in [0, 0.1) is 6.92 Å². The summed E-state index contributed by atoms with van der Waals surface area (Å²) in [4.78, 5) is 26.7. The first-order valence-corrected chi connectivity index (χ1v) is 7.04. The van der Waals surface area contributed by atoms with Crippen LogP contribution in [-0.4, -0.2) is 29.6 Å². The molecule has 0 unspecified atom stereocenters. The molecule has 0 aromatic carbocycles. The van der Waals surface area contributed by atoms with Gasteiger partial charge in [0, 0.05) is 17.9 Å². The predicted molar refractivity (Wildman–Crippen MR) is 75.9 cm³/mol. The lowest BCUT2D eigenvalue weighted by molar-refractivity contribution is 0.0527. The van der Waals surface area contributed by atoms with Crippen LogP contribution in [0.4, 0.5) is 10.5 Å². The van der Waals surface area contributed by atoms with E-state index in [-0.39, 0.29) is 12.1 Å².